The second-order valence-electron chi connectivity index (χ2n) is 31.5. The van der Waals surface area contributed by atoms with Crippen molar-refractivity contribution in [3.8, 4) is 80.5 Å². The predicted octanol–water partition coefficient (Wildman–Crippen LogP) is 2.84. The van der Waals surface area contributed by atoms with Gasteiger partial charge in [-0.1, -0.05) is 92.7 Å². The van der Waals surface area contributed by atoms with Crippen molar-refractivity contribution in [1.82, 2.24) is 63.8 Å². The van der Waals surface area contributed by atoms with Gasteiger partial charge in [0.05, 0.1) is 6.42 Å². The lowest BCUT2D eigenvalue weighted by atomic mass is 9.98. The van der Waals surface area contributed by atoms with E-state index in [1.807, 2.05) is 0 Å². The molecule has 0 aliphatic rings. The van der Waals surface area contributed by atoms with Crippen molar-refractivity contribution in [2.75, 3.05) is 0 Å². The van der Waals surface area contributed by atoms with Crippen molar-refractivity contribution >= 4 is 82.8 Å². The van der Waals surface area contributed by atoms with E-state index in [0.29, 0.717) is 5.56 Å². The molecule has 0 saturated carbocycles. The second kappa shape index (κ2) is 44.5. The maximum atomic E-state index is 15.6. The van der Waals surface area contributed by atoms with Gasteiger partial charge in [0.25, 0.3) is 0 Å². The van der Waals surface area contributed by atoms with Crippen molar-refractivity contribution in [2.45, 2.75) is 112 Å². The standard InChI is InChI=1S/C93H93N13O30/c1-42(2)72(98-89(131)78(51-30-62(115)38-63(116)31-51)100-83(125)71(94)45-9-17-54(107)18-10-45)84(126)104-79(52-32-64(117)39-65(118)33-52)91(133)102-75(48-15-23-57(110)24-16-48)88(130)106-80(53-34-66(119)40-67(120)35-53)92(134)103-74(47-13-21-56(109)22-14-47)87(129)105-76(49-26-58(111)36-59(112)27-49)85(127)95-43(3)81(123)99-77(50-28-60(113)37-61(114)29-50)90(132)101-73(46-11-19-55(108)20-12-46)86(128)96-68(25-44-7-5-4-6-8-44)82(124)97-69(93(135)136)41-70(121)122/h4-24,26-40,42-43,68-69,71-80,107-120H,25,41,94H2,1-3H3,(H,95,127)(H,96,128)(H,97,124)(H,98,131)(H,99,123)(H,100,125)(H,101,132)(H,102,133)(H,103,134)(H,104,126)(H,105,129)(H,106,130)(H,121,122)(H,135,136)/t43-,68-,69-,71+,72-,73-,74-,75-,76+,77+,78+,79+,80+/m0/s1. The number of carboxylic acids is 2. The Morgan fingerprint density at radius 2 is 0.485 bits per heavy atom. The summed E-state index contributed by atoms with van der Waals surface area (Å²) in [5.74, 6) is -28.7. The Morgan fingerprint density at radius 3 is 0.772 bits per heavy atom. The summed E-state index contributed by atoms with van der Waals surface area (Å²) in [7, 11) is 0. The molecule has 710 valence electrons. The van der Waals surface area contributed by atoms with E-state index in [2.05, 4.69) is 63.8 Å². The fourth-order valence-corrected chi connectivity index (χ4v) is 14.1. The summed E-state index contributed by atoms with van der Waals surface area (Å²) in [6, 6.07) is 12.9. The summed E-state index contributed by atoms with van der Waals surface area (Å²) in [6.07, 6.45) is -1.49. The quantitative estimate of drug-likeness (QED) is 0.0263. The van der Waals surface area contributed by atoms with Crippen LogP contribution in [0.15, 0.2) is 218 Å². The molecule has 13 atom stereocenters. The second-order valence-corrected chi connectivity index (χ2v) is 31.5. The number of carbonyl (C=O) groups excluding carboxylic acids is 12. The van der Waals surface area contributed by atoms with Crippen LogP contribution >= 0.6 is 0 Å². The van der Waals surface area contributed by atoms with Gasteiger partial charge in [-0.25, -0.2) is 4.79 Å². The van der Waals surface area contributed by atoms with Crippen LogP contribution in [0, 0.1) is 5.92 Å². The highest BCUT2D eigenvalue weighted by atomic mass is 16.4. The van der Waals surface area contributed by atoms with Crippen molar-refractivity contribution in [3.63, 3.8) is 0 Å². The highest BCUT2D eigenvalue weighted by molar-refractivity contribution is 6.02. The van der Waals surface area contributed by atoms with Gasteiger partial charge in [-0.05, 0) is 178 Å². The number of benzene rings is 10. The third kappa shape index (κ3) is 27.1. The van der Waals surface area contributed by atoms with Crippen LogP contribution in [0.1, 0.15) is 137 Å². The highest BCUT2D eigenvalue weighted by Crippen LogP contribution is 2.35. The first-order valence-electron chi connectivity index (χ1n) is 41.0. The Balaban J connectivity index is 0.941. The number of amides is 12. The largest absolute Gasteiger partial charge is 0.508 e. The third-order valence-electron chi connectivity index (χ3n) is 20.8. The van der Waals surface area contributed by atoms with Crippen LogP contribution in [-0.2, 0) is 73.5 Å². The number of nitrogens with two attached hydrogens (primary N) is 1. The van der Waals surface area contributed by atoms with Gasteiger partial charge in [-0.2, -0.15) is 0 Å². The van der Waals surface area contributed by atoms with Gasteiger partial charge >= 0.3 is 11.9 Å². The highest BCUT2D eigenvalue weighted by Gasteiger charge is 2.41. The van der Waals surface area contributed by atoms with Crippen LogP contribution in [0.25, 0.3) is 0 Å². The van der Waals surface area contributed by atoms with E-state index < -0.39 is 265 Å². The molecular weight excluding hydrogens is 1780 g/mol. The SMILES string of the molecule is CC(C)[C@H](NC(=O)[C@H](NC(=O)[C@H](N)c1ccc(O)cc1)c1cc(O)cc(O)c1)C(=O)N[C@@H](C(=O)N[C@H](C(=O)N[C@@H](C(=O)N[C@H](C(=O)N[C@@H](C(=O)N[C@@H](C)C(=O)N[C@@H](C(=O)N[C@H](C(=O)N[C@@H](Cc1ccccc1)C(=O)N[C@@H](CC(=O)O)C(=O)O)c1ccc(O)cc1)c1cc(O)cc(O)c1)c1cc(O)cc(O)c1)c1ccc(O)cc1)c1cc(O)cc(O)c1)c1ccc(O)cc1)c1cc(O)cc(O)c1. The molecule has 43 heteroatoms. The number of aliphatic carboxylic acids is 2. The molecule has 136 heavy (non-hydrogen) atoms. The Hall–Kier alpha value is -18.1. The number of phenolic OH excluding ortho intramolecular Hbond substituents is 14. The van der Waals surface area contributed by atoms with Crippen LogP contribution in [0.3, 0.4) is 0 Å². The van der Waals surface area contributed by atoms with Gasteiger partial charge in [0, 0.05) is 36.8 Å². The molecule has 43 nitrogen and oxygen atoms in total. The fourth-order valence-electron chi connectivity index (χ4n) is 14.1. The summed E-state index contributed by atoms with van der Waals surface area (Å²) in [4.78, 5) is 203. The van der Waals surface area contributed by atoms with Crippen LogP contribution in [-0.4, -0.2) is 189 Å². The van der Waals surface area contributed by atoms with E-state index in [0.717, 1.165) is 171 Å². The lowest BCUT2D eigenvalue weighted by Crippen LogP contribution is -2.55. The number of hydrogen-bond donors (Lipinski definition) is 29. The number of carbonyl (C=O) groups is 14. The Labute approximate surface area is 770 Å². The molecule has 0 radical (unpaired) electrons. The van der Waals surface area contributed by atoms with Crippen molar-refractivity contribution in [3.05, 3.63) is 274 Å². The molecule has 30 N–H and O–H groups in total. The topological polar surface area (TPSA) is 733 Å². The van der Waals surface area contributed by atoms with E-state index in [4.69, 9.17) is 5.73 Å². The number of carboxylic acid groups (broad SMARTS) is 2. The molecular formula is C93H93N13O30. The minimum absolute atomic E-state index is 0.145. The van der Waals surface area contributed by atoms with E-state index in [-0.39, 0.29) is 45.7 Å². The van der Waals surface area contributed by atoms with Crippen molar-refractivity contribution in [1.29, 1.82) is 0 Å². The number of hydrogen-bond acceptors (Lipinski definition) is 29. The predicted molar refractivity (Wildman–Crippen MR) is 474 cm³/mol. The number of phenols is 14. The molecule has 0 aromatic heterocycles. The zero-order chi connectivity index (χ0) is 99.4. The molecule has 10 aromatic rings. The molecule has 0 unspecified atom stereocenters. The molecule has 0 spiro atoms. The molecule has 0 saturated heterocycles. The molecule has 12 amide bonds. The minimum Gasteiger partial charge on any atom is -0.508 e. The van der Waals surface area contributed by atoms with E-state index in [1.165, 1.54) is 50.2 Å². The zero-order valence-electron chi connectivity index (χ0n) is 71.7. The van der Waals surface area contributed by atoms with Gasteiger partial charge in [0.2, 0.25) is 70.9 Å². The van der Waals surface area contributed by atoms with Crippen LogP contribution in [0.5, 0.6) is 80.5 Å². The normalized spacial score (nSPS) is 13.9. The summed E-state index contributed by atoms with van der Waals surface area (Å²) < 4.78 is 0. The van der Waals surface area contributed by atoms with Gasteiger partial charge in [-0.3, -0.25) is 62.3 Å². The molecule has 0 aliphatic heterocycles. The number of aromatic hydroxyl groups is 14. The van der Waals surface area contributed by atoms with Crippen molar-refractivity contribution < 1.29 is 149 Å². The smallest absolute Gasteiger partial charge is 0.326 e. The average molecular weight is 1870 g/mol. The third-order valence-corrected chi connectivity index (χ3v) is 20.8. The molecule has 0 bridgehead atoms. The van der Waals surface area contributed by atoms with Gasteiger partial charge in [0.15, 0.2) is 0 Å². The van der Waals surface area contributed by atoms with Crippen LogP contribution in [0.4, 0.5) is 0 Å². The van der Waals surface area contributed by atoms with E-state index in [1.54, 1.807) is 18.2 Å². The monoisotopic (exact) mass is 1870 g/mol. The first-order chi connectivity index (χ1) is 64.3. The minimum atomic E-state index is -2.31. The molecule has 0 heterocycles. The Kier molecular flexibility index (Phi) is 32.8. The first-order valence-corrected chi connectivity index (χ1v) is 41.0. The fraction of sp³-hybridized carbons (Fsp3) is 0.204. The zero-order valence-corrected chi connectivity index (χ0v) is 71.7. The van der Waals surface area contributed by atoms with Gasteiger partial charge in [0.1, 0.15) is 159 Å². The van der Waals surface area contributed by atoms with Crippen molar-refractivity contribution in [2.24, 2.45) is 11.7 Å². The Morgan fingerprint density at radius 1 is 0.243 bits per heavy atom. The van der Waals surface area contributed by atoms with Gasteiger partial charge in [-0.15, -0.1) is 0 Å². The average Bonchev–Trinajstić information content (AvgIpc) is 0.639. The number of rotatable bonds is 39. The van der Waals surface area contributed by atoms with Gasteiger partial charge < -0.3 is 151 Å². The van der Waals surface area contributed by atoms with Crippen LogP contribution < -0.4 is 69.5 Å². The number of nitrogens with one attached hydrogen (secondary N) is 12. The summed E-state index contributed by atoms with van der Waals surface area (Å²) >= 11 is 0. The first kappa shape index (κ1) is 100. The van der Waals surface area contributed by atoms with E-state index in [9.17, 15) is 120 Å². The lowest BCUT2D eigenvalue weighted by Gasteiger charge is -2.29. The Bertz CT molecular complexity index is 6050. The summed E-state index contributed by atoms with van der Waals surface area (Å²) in [5, 5.41) is 197. The summed E-state index contributed by atoms with van der Waals surface area (Å²) in [5.41, 5.74) is 3.98. The molecule has 10 aromatic carbocycles. The maximum absolute atomic E-state index is 15.6. The molecule has 0 aliphatic carbocycles. The summed E-state index contributed by atoms with van der Waals surface area (Å²) in [6.45, 7) is 3.87. The molecule has 10 rings (SSSR count). The van der Waals surface area contributed by atoms with E-state index >= 15 is 28.8 Å². The maximum Gasteiger partial charge on any atom is 0.326 e. The van der Waals surface area contributed by atoms with Crippen LogP contribution in [0.2, 0.25) is 0 Å². The lowest BCUT2D eigenvalue weighted by molar-refractivity contribution is -0.147. The molecule has 0 fully saturated rings.